The highest BCUT2D eigenvalue weighted by Crippen LogP contribution is 2.44. The first-order valence-electron chi connectivity index (χ1n) is 12.3. The van der Waals surface area contributed by atoms with Gasteiger partial charge in [-0.1, -0.05) is 61.9 Å². The summed E-state index contributed by atoms with van der Waals surface area (Å²) < 4.78 is 5.68. The molecule has 0 saturated carbocycles. The van der Waals surface area contributed by atoms with Gasteiger partial charge in [-0.05, 0) is 55.4 Å². The van der Waals surface area contributed by atoms with Crippen molar-refractivity contribution in [1.82, 2.24) is 10.2 Å². The predicted molar refractivity (Wildman–Crippen MR) is 133 cm³/mol. The molecule has 2 amide bonds. The number of fused-ring (bicyclic) bond motifs is 3. The van der Waals surface area contributed by atoms with Crippen LogP contribution in [0.2, 0.25) is 0 Å². The summed E-state index contributed by atoms with van der Waals surface area (Å²) in [5.74, 6) is -1.24. The molecule has 2 atom stereocenters. The van der Waals surface area contributed by atoms with Crippen LogP contribution < -0.4 is 5.32 Å². The minimum absolute atomic E-state index is 0.0698. The Kier molecular flexibility index (Phi) is 6.88. The summed E-state index contributed by atoms with van der Waals surface area (Å²) >= 11 is 0. The van der Waals surface area contributed by atoms with Crippen LogP contribution >= 0.6 is 0 Å². The average molecular weight is 479 g/mol. The Labute approximate surface area is 206 Å². The Hall–Kier alpha value is -3.35. The zero-order valence-electron chi connectivity index (χ0n) is 20.7. The molecule has 2 aromatic carbocycles. The molecule has 0 spiro atoms. The Bertz CT molecular complexity index is 1090. The molecule has 0 bridgehead atoms. The zero-order chi connectivity index (χ0) is 25.2. The van der Waals surface area contributed by atoms with Crippen molar-refractivity contribution in [3.8, 4) is 11.1 Å². The molecule has 1 aliphatic carbocycles. The zero-order valence-corrected chi connectivity index (χ0v) is 20.7. The molecule has 0 radical (unpaired) electrons. The minimum Gasteiger partial charge on any atom is -0.481 e. The maximum Gasteiger partial charge on any atom is 0.408 e. The number of ether oxygens (including phenoxy) is 1. The van der Waals surface area contributed by atoms with Crippen LogP contribution in [0.4, 0.5) is 4.79 Å². The van der Waals surface area contributed by atoms with Crippen LogP contribution in [-0.2, 0) is 14.3 Å². The topological polar surface area (TPSA) is 95.9 Å². The van der Waals surface area contributed by atoms with Gasteiger partial charge in [0.2, 0.25) is 5.91 Å². The molecule has 35 heavy (non-hydrogen) atoms. The molecule has 2 aromatic rings. The van der Waals surface area contributed by atoms with Crippen molar-refractivity contribution >= 4 is 18.0 Å². The summed E-state index contributed by atoms with van der Waals surface area (Å²) in [6.07, 6.45) is 1.60. The van der Waals surface area contributed by atoms with Gasteiger partial charge in [0, 0.05) is 19.0 Å². The lowest BCUT2D eigenvalue weighted by atomic mass is 9.81. The van der Waals surface area contributed by atoms with E-state index >= 15 is 0 Å². The minimum atomic E-state index is -1.17. The van der Waals surface area contributed by atoms with Crippen molar-refractivity contribution in [3.63, 3.8) is 0 Å². The first kappa shape index (κ1) is 24.8. The summed E-state index contributed by atoms with van der Waals surface area (Å²) in [6.45, 7) is 6.09. The number of piperidine rings is 1. The molecule has 2 N–H and O–H groups in total. The smallest absolute Gasteiger partial charge is 0.408 e. The van der Waals surface area contributed by atoms with E-state index < -0.39 is 23.0 Å². The molecular weight excluding hydrogens is 444 g/mol. The summed E-state index contributed by atoms with van der Waals surface area (Å²) in [5, 5.41) is 12.5. The van der Waals surface area contributed by atoms with Crippen LogP contribution in [0.15, 0.2) is 48.5 Å². The van der Waals surface area contributed by atoms with Crippen molar-refractivity contribution < 1.29 is 24.2 Å². The molecule has 2 aliphatic rings. The number of carbonyl (C=O) groups is 3. The molecule has 7 nitrogen and oxygen atoms in total. The van der Waals surface area contributed by atoms with Gasteiger partial charge in [-0.2, -0.15) is 0 Å². The number of carboxylic acid groups (broad SMARTS) is 1. The largest absolute Gasteiger partial charge is 0.481 e. The highest BCUT2D eigenvalue weighted by atomic mass is 16.5. The number of amides is 2. The maximum absolute atomic E-state index is 13.5. The molecule has 7 heteroatoms. The number of nitrogens with one attached hydrogen (secondary N) is 1. The molecule has 1 saturated heterocycles. The van der Waals surface area contributed by atoms with E-state index in [-0.39, 0.29) is 25.0 Å². The molecule has 2 unspecified atom stereocenters. The fourth-order valence-corrected chi connectivity index (χ4v) is 5.52. The van der Waals surface area contributed by atoms with Gasteiger partial charge >= 0.3 is 12.1 Å². The first-order valence-corrected chi connectivity index (χ1v) is 12.3. The second-order valence-electron chi connectivity index (χ2n) is 10.2. The summed E-state index contributed by atoms with van der Waals surface area (Å²) in [4.78, 5) is 39.8. The Morgan fingerprint density at radius 3 is 2.29 bits per heavy atom. The number of benzene rings is 2. The van der Waals surface area contributed by atoms with E-state index in [1.807, 2.05) is 31.2 Å². The standard InChI is InChI=1S/C28H34N2O5/c1-4-14-28(3,24(31)30-16-9-15-27(2,18-30)25(32)33)29-26(34)35-17-23-21-12-7-5-10-19(21)20-11-6-8-13-22(20)23/h5-8,10-13,23H,4,9,14-18H2,1-3H3,(H,29,34)(H,32,33). The van der Waals surface area contributed by atoms with Crippen molar-refractivity contribution in [2.45, 2.75) is 57.9 Å². The number of alkyl carbamates (subject to hydrolysis) is 1. The number of carbonyl (C=O) groups excluding carboxylic acids is 2. The summed E-state index contributed by atoms with van der Waals surface area (Å²) in [5.41, 5.74) is 2.38. The average Bonchev–Trinajstić information content (AvgIpc) is 3.16. The number of hydrogen-bond acceptors (Lipinski definition) is 4. The van der Waals surface area contributed by atoms with E-state index in [1.54, 1.807) is 18.7 Å². The number of rotatable bonds is 7. The predicted octanol–water partition coefficient (Wildman–Crippen LogP) is 4.80. The van der Waals surface area contributed by atoms with Gasteiger partial charge in [0.1, 0.15) is 12.1 Å². The van der Waals surface area contributed by atoms with Crippen molar-refractivity contribution in [2.75, 3.05) is 19.7 Å². The fraction of sp³-hybridized carbons (Fsp3) is 0.464. The third-order valence-corrected chi connectivity index (χ3v) is 7.44. The highest BCUT2D eigenvalue weighted by molar-refractivity contribution is 5.90. The lowest BCUT2D eigenvalue weighted by molar-refractivity contribution is -0.155. The number of aliphatic carboxylic acids is 1. The van der Waals surface area contributed by atoms with Crippen LogP contribution in [0, 0.1) is 5.41 Å². The number of nitrogens with zero attached hydrogens (tertiary/aromatic N) is 1. The third-order valence-electron chi connectivity index (χ3n) is 7.44. The van der Waals surface area contributed by atoms with E-state index in [4.69, 9.17) is 4.74 Å². The lowest BCUT2D eigenvalue weighted by Gasteiger charge is -2.42. The Balaban J connectivity index is 1.46. The van der Waals surface area contributed by atoms with Crippen LogP contribution in [0.3, 0.4) is 0 Å². The summed E-state index contributed by atoms with van der Waals surface area (Å²) in [7, 11) is 0. The van der Waals surface area contributed by atoms with E-state index in [9.17, 15) is 19.5 Å². The quantitative estimate of drug-likeness (QED) is 0.596. The molecule has 0 aromatic heterocycles. The van der Waals surface area contributed by atoms with Gasteiger partial charge in [-0.3, -0.25) is 9.59 Å². The molecule has 186 valence electrons. The van der Waals surface area contributed by atoms with Gasteiger partial charge in [-0.15, -0.1) is 0 Å². The van der Waals surface area contributed by atoms with Gasteiger partial charge in [-0.25, -0.2) is 4.79 Å². The highest BCUT2D eigenvalue weighted by Gasteiger charge is 2.44. The molecule has 1 aliphatic heterocycles. The van der Waals surface area contributed by atoms with Gasteiger partial charge in [0.25, 0.3) is 0 Å². The van der Waals surface area contributed by atoms with E-state index in [0.29, 0.717) is 32.2 Å². The normalized spacial score (nSPS) is 20.9. The Morgan fingerprint density at radius 1 is 1.11 bits per heavy atom. The summed E-state index contributed by atoms with van der Waals surface area (Å²) in [6, 6.07) is 16.2. The van der Waals surface area contributed by atoms with Crippen molar-refractivity contribution in [1.29, 1.82) is 0 Å². The number of carboxylic acids is 1. The second kappa shape index (κ2) is 9.72. The van der Waals surface area contributed by atoms with Crippen LogP contribution in [0.25, 0.3) is 11.1 Å². The van der Waals surface area contributed by atoms with Crippen molar-refractivity contribution in [2.24, 2.45) is 5.41 Å². The molecule has 1 fully saturated rings. The van der Waals surface area contributed by atoms with Gasteiger partial charge in [0.15, 0.2) is 0 Å². The Morgan fingerprint density at radius 2 is 1.71 bits per heavy atom. The van der Waals surface area contributed by atoms with Gasteiger partial charge in [0.05, 0.1) is 5.41 Å². The second-order valence-corrected chi connectivity index (χ2v) is 10.2. The number of likely N-dealkylation sites (tertiary alicyclic amines) is 1. The van der Waals surface area contributed by atoms with E-state index in [1.165, 1.54) is 0 Å². The van der Waals surface area contributed by atoms with Crippen LogP contribution in [-0.4, -0.2) is 53.2 Å². The van der Waals surface area contributed by atoms with E-state index in [0.717, 1.165) is 22.3 Å². The molecule has 4 rings (SSSR count). The lowest BCUT2D eigenvalue weighted by Crippen LogP contribution is -2.61. The maximum atomic E-state index is 13.5. The van der Waals surface area contributed by atoms with Crippen LogP contribution in [0.5, 0.6) is 0 Å². The SMILES string of the molecule is CCCC(C)(NC(=O)OCC1c2ccccc2-c2ccccc21)C(=O)N1CCCC(C)(C(=O)O)C1. The number of hydrogen-bond donors (Lipinski definition) is 2. The van der Waals surface area contributed by atoms with E-state index in [2.05, 4.69) is 29.6 Å². The molecule has 1 heterocycles. The molecular formula is C28H34N2O5. The van der Waals surface area contributed by atoms with Crippen molar-refractivity contribution in [3.05, 3.63) is 59.7 Å². The monoisotopic (exact) mass is 478 g/mol. The fourth-order valence-electron chi connectivity index (χ4n) is 5.52. The third kappa shape index (κ3) is 4.77. The first-order chi connectivity index (χ1) is 16.7. The van der Waals surface area contributed by atoms with Crippen LogP contribution in [0.1, 0.15) is 63.5 Å². The van der Waals surface area contributed by atoms with Gasteiger partial charge < -0.3 is 20.1 Å².